The molecule has 1 unspecified atom stereocenters. The van der Waals surface area contributed by atoms with E-state index in [0.717, 1.165) is 0 Å². The van der Waals surface area contributed by atoms with Gasteiger partial charge in [-0.05, 0) is 24.8 Å². The minimum Gasteiger partial charge on any atom is -0.507 e. The van der Waals surface area contributed by atoms with Gasteiger partial charge >= 0.3 is 6.18 Å². The lowest BCUT2D eigenvalue weighted by molar-refractivity contribution is -0.188. The normalized spacial score (nSPS) is 18.8. The van der Waals surface area contributed by atoms with E-state index in [2.05, 4.69) is 4.98 Å². The number of aromatic amines is 1. The van der Waals surface area contributed by atoms with Crippen LogP contribution in [0.25, 0.3) is 11.8 Å². The predicted octanol–water partition coefficient (Wildman–Crippen LogP) is 3.24. The van der Waals surface area contributed by atoms with Gasteiger partial charge in [0.2, 0.25) is 0 Å². The van der Waals surface area contributed by atoms with Crippen LogP contribution in [0.5, 0.6) is 5.75 Å². The van der Waals surface area contributed by atoms with Crippen LogP contribution < -0.4 is 11.5 Å². The van der Waals surface area contributed by atoms with Crippen LogP contribution in [0.2, 0.25) is 0 Å². The molecule has 26 heavy (non-hydrogen) atoms. The zero-order valence-electron chi connectivity index (χ0n) is 14.3. The number of rotatable bonds is 3. The van der Waals surface area contributed by atoms with Crippen molar-refractivity contribution < 1.29 is 18.3 Å². The van der Waals surface area contributed by atoms with Crippen molar-refractivity contribution in [2.75, 3.05) is 18.8 Å². The number of benzene rings is 1. The van der Waals surface area contributed by atoms with Gasteiger partial charge in [-0.1, -0.05) is 19.1 Å². The Morgan fingerprint density at radius 2 is 2.08 bits per heavy atom. The number of nitrogens with zero attached hydrogens (tertiary/aromatic N) is 1. The first kappa shape index (κ1) is 18.2. The maximum atomic E-state index is 13.8. The van der Waals surface area contributed by atoms with Crippen LogP contribution in [0.4, 0.5) is 19.0 Å². The van der Waals surface area contributed by atoms with Crippen molar-refractivity contribution in [3.8, 4) is 5.75 Å². The minimum atomic E-state index is -4.44. The third kappa shape index (κ3) is 3.12. The molecular formula is C18H21F3N4O. The van der Waals surface area contributed by atoms with Crippen LogP contribution >= 0.6 is 0 Å². The van der Waals surface area contributed by atoms with E-state index < -0.39 is 12.2 Å². The lowest BCUT2D eigenvalue weighted by atomic mass is 9.93. The minimum absolute atomic E-state index is 0.0493. The standard InChI is InChI=1S/C18H21F3N4O/c1-2-25-8-7-13-15(16(25)18(19,20)21)11(17(23)24-13)9-12(22)10-5-3-4-6-14(10)26/h3-6,9,16,24,26H,2,7-8,22-23H2,1H3/b12-9-. The Balaban J connectivity index is 2.15. The van der Waals surface area contributed by atoms with Gasteiger partial charge < -0.3 is 21.6 Å². The number of hydrogen-bond donors (Lipinski definition) is 4. The van der Waals surface area contributed by atoms with Crippen LogP contribution in [-0.4, -0.2) is 34.3 Å². The van der Waals surface area contributed by atoms with Crippen LogP contribution in [0, 0.1) is 0 Å². The number of halogens is 3. The first-order valence-corrected chi connectivity index (χ1v) is 8.30. The molecule has 0 spiro atoms. The molecule has 140 valence electrons. The highest BCUT2D eigenvalue weighted by Gasteiger charge is 2.48. The molecule has 1 aromatic heterocycles. The summed E-state index contributed by atoms with van der Waals surface area (Å²) >= 11 is 0. The summed E-state index contributed by atoms with van der Waals surface area (Å²) < 4.78 is 41.3. The number of nitrogens with two attached hydrogens (primary N) is 2. The third-order valence-corrected chi connectivity index (χ3v) is 4.71. The molecule has 0 amide bonds. The highest BCUT2D eigenvalue weighted by Crippen LogP contribution is 2.45. The van der Waals surface area contributed by atoms with Crippen molar-refractivity contribution in [1.29, 1.82) is 0 Å². The largest absolute Gasteiger partial charge is 0.507 e. The molecule has 1 aliphatic heterocycles. The van der Waals surface area contributed by atoms with E-state index in [0.29, 0.717) is 24.2 Å². The maximum absolute atomic E-state index is 13.8. The number of nitrogen functional groups attached to an aromatic ring is 1. The topological polar surface area (TPSA) is 91.3 Å². The van der Waals surface area contributed by atoms with Crippen molar-refractivity contribution >= 4 is 17.6 Å². The van der Waals surface area contributed by atoms with Gasteiger partial charge in [-0.15, -0.1) is 0 Å². The smallest absolute Gasteiger partial charge is 0.408 e. The number of phenolic OH excluding ortho intramolecular Hbond substituents is 1. The molecule has 0 saturated carbocycles. The zero-order valence-corrected chi connectivity index (χ0v) is 14.3. The molecular weight excluding hydrogens is 345 g/mol. The first-order chi connectivity index (χ1) is 12.2. The summed E-state index contributed by atoms with van der Waals surface area (Å²) in [5.74, 6) is 0.0901. The van der Waals surface area contributed by atoms with Gasteiger partial charge in [0, 0.05) is 41.0 Å². The Labute approximate surface area is 149 Å². The molecule has 5 nitrogen and oxygen atoms in total. The number of para-hydroxylation sites is 1. The van der Waals surface area contributed by atoms with E-state index in [-0.39, 0.29) is 34.9 Å². The zero-order chi connectivity index (χ0) is 19.1. The van der Waals surface area contributed by atoms with E-state index >= 15 is 0 Å². The van der Waals surface area contributed by atoms with Gasteiger partial charge in [-0.3, -0.25) is 4.90 Å². The van der Waals surface area contributed by atoms with Gasteiger partial charge in [-0.25, -0.2) is 0 Å². The fourth-order valence-electron chi connectivity index (χ4n) is 3.50. The summed E-state index contributed by atoms with van der Waals surface area (Å²) in [6.45, 7) is 2.27. The molecule has 0 saturated heterocycles. The lowest BCUT2D eigenvalue weighted by Gasteiger charge is -2.36. The number of H-pyrrole nitrogens is 1. The summed E-state index contributed by atoms with van der Waals surface area (Å²) in [6.07, 6.45) is -2.59. The van der Waals surface area contributed by atoms with Crippen molar-refractivity contribution in [2.45, 2.75) is 25.6 Å². The number of hydrogen-bond acceptors (Lipinski definition) is 4. The molecule has 0 fully saturated rings. The molecule has 0 radical (unpaired) electrons. The SMILES string of the molecule is CCN1CCc2[nH]c(N)c(/C=C(\N)c3ccccc3O)c2C1C(F)(F)F. The second kappa shape index (κ2) is 6.60. The van der Waals surface area contributed by atoms with Gasteiger partial charge in [-0.2, -0.15) is 13.2 Å². The number of aromatic hydroxyl groups is 1. The fraction of sp³-hybridized carbons (Fsp3) is 0.333. The van der Waals surface area contributed by atoms with Gasteiger partial charge in [0.1, 0.15) is 17.6 Å². The Morgan fingerprint density at radius 3 is 2.69 bits per heavy atom. The summed E-state index contributed by atoms with van der Waals surface area (Å²) in [5, 5.41) is 9.93. The highest BCUT2D eigenvalue weighted by molar-refractivity contribution is 5.86. The number of alkyl halides is 3. The summed E-state index contributed by atoms with van der Waals surface area (Å²) in [5.41, 5.74) is 13.3. The molecule has 2 aromatic rings. The number of likely N-dealkylation sites (N-methyl/N-ethyl adjacent to an activating group) is 1. The Morgan fingerprint density at radius 1 is 1.38 bits per heavy atom. The van der Waals surface area contributed by atoms with Crippen molar-refractivity contribution in [3.05, 3.63) is 46.6 Å². The molecule has 6 N–H and O–H groups in total. The highest BCUT2D eigenvalue weighted by atomic mass is 19.4. The van der Waals surface area contributed by atoms with E-state index in [1.807, 2.05) is 0 Å². The average molecular weight is 366 g/mol. The van der Waals surface area contributed by atoms with Crippen LogP contribution in [0.1, 0.15) is 35.3 Å². The van der Waals surface area contributed by atoms with Crippen LogP contribution in [0.15, 0.2) is 24.3 Å². The molecule has 8 heteroatoms. The Kier molecular flexibility index (Phi) is 4.62. The summed E-state index contributed by atoms with van der Waals surface area (Å²) in [6, 6.07) is 4.63. The summed E-state index contributed by atoms with van der Waals surface area (Å²) in [4.78, 5) is 4.25. The second-order valence-electron chi connectivity index (χ2n) is 6.28. The van der Waals surface area contributed by atoms with Crippen molar-refractivity contribution in [1.82, 2.24) is 9.88 Å². The quantitative estimate of drug-likeness (QED) is 0.671. The molecule has 1 aromatic carbocycles. The van der Waals surface area contributed by atoms with Gasteiger partial charge in [0.05, 0.1) is 0 Å². The monoisotopic (exact) mass is 366 g/mol. The Bertz CT molecular complexity index is 841. The molecule has 2 heterocycles. The van der Waals surface area contributed by atoms with E-state index in [4.69, 9.17) is 11.5 Å². The third-order valence-electron chi connectivity index (χ3n) is 4.71. The number of fused-ring (bicyclic) bond motifs is 1. The van der Waals surface area contributed by atoms with E-state index in [9.17, 15) is 18.3 Å². The molecule has 1 atom stereocenters. The summed E-state index contributed by atoms with van der Waals surface area (Å²) in [7, 11) is 0. The molecule has 1 aliphatic rings. The number of nitrogens with one attached hydrogen (secondary N) is 1. The maximum Gasteiger partial charge on any atom is 0.408 e. The van der Waals surface area contributed by atoms with E-state index in [1.165, 1.54) is 17.0 Å². The average Bonchev–Trinajstić information content (AvgIpc) is 2.89. The van der Waals surface area contributed by atoms with Crippen molar-refractivity contribution in [3.63, 3.8) is 0 Å². The fourth-order valence-corrected chi connectivity index (χ4v) is 3.50. The predicted molar refractivity (Wildman–Crippen MR) is 95.1 cm³/mol. The first-order valence-electron chi connectivity index (χ1n) is 8.30. The van der Waals surface area contributed by atoms with Crippen LogP contribution in [-0.2, 0) is 6.42 Å². The lowest BCUT2D eigenvalue weighted by Crippen LogP contribution is -2.43. The van der Waals surface area contributed by atoms with E-state index in [1.54, 1.807) is 25.1 Å². The Hall–Kier alpha value is -2.61. The number of aromatic nitrogens is 1. The van der Waals surface area contributed by atoms with Gasteiger partial charge in [0.15, 0.2) is 0 Å². The molecule has 0 bridgehead atoms. The van der Waals surface area contributed by atoms with Crippen LogP contribution in [0.3, 0.4) is 0 Å². The number of phenols is 1. The second-order valence-corrected chi connectivity index (χ2v) is 6.28. The molecule has 3 rings (SSSR count). The van der Waals surface area contributed by atoms with Gasteiger partial charge in [0.25, 0.3) is 0 Å². The van der Waals surface area contributed by atoms with Crippen molar-refractivity contribution in [2.24, 2.45) is 5.73 Å². The molecule has 0 aliphatic carbocycles. The number of anilines is 1.